The molecular formula is C15H19FN2. The Balaban J connectivity index is 2.12. The van der Waals surface area contributed by atoms with Crippen molar-refractivity contribution < 1.29 is 4.39 Å². The van der Waals surface area contributed by atoms with E-state index in [4.69, 9.17) is 5.26 Å². The highest BCUT2D eigenvalue weighted by molar-refractivity contribution is 5.34. The van der Waals surface area contributed by atoms with Gasteiger partial charge in [-0.3, -0.25) is 4.90 Å². The van der Waals surface area contributed by atoms with Crippen LogP contribution in [0.2, 0.25) is 0 Å². The first kappa shape index (κ1) is 13.0. The number of hydrogen-bond acceptors (Lipinski definition) is 2. The fourth-order valence-electron chi connectivity index (χ4n) is 2.64. The molecule has 1 aromatic rings. The van der Waals surface area contributed by atoms with Crippen LogP contribution in [0.15, 0.2) is 18.2 Å². The van der Waals surface area contributed by atoms with Gasteiger partial charge < -0.3 is 0 Å². The lowest BCUT2D eigenvalue weighted by Crippen LogP contribution is -2.41. The summed E-state index contributed by atoms with van der Waals surface area (Å²) in [6.45, 7) is 6.42. The van der Waals surface area contributed by atoms with Crippen LogP contribution in [0.5, 0.6) is 0 Å². The van der Waals surface area contributed by atoms with E-state index < -0.39 is 5.82 Å². The molecule has 3 heteroatoms. The van der Waals surface area contributed by atoms with Gasteiger partial charge in [0.2, 0.25) is 0 Å². The summed E-state index contributed by atoms with van der Waals surface area (Å²) in [5.74, 6) is 0.274. The van der Waals surface area contributed by atoms with E-state index in [0.29, 0.717) is 12.0 Å². The molecule has 2 atom stereocenters. The zero-order valence-electron chi connectivity index (χ0n) is 11.0. The second-order valence-corrected chi connectivity index (χ2v) is 5.26. The Kier molecular flexibility index (Phi) is 3.98. The van der Waals surface area contributed by atoms with Gasteiger partial charge in [0.05, 0.1) is 5.56 Å². The smallest absolute Gasteiger partial charge is 0.140 e. The van der Waals surface area contributed by atoms with Gasteiger partial charge >= 0.3 is 0 Å². The van der Waals surface area contributed by atoms with E-state index in [1.807, 2.05) is 6.07 Å². The highest BCUT2D eigenvalue weighted by Crippen LogP contribution is 2.24. The summed E-state index contributed by atoms with van der Waals surface area (Å²) in [4.78, 5) is 2.42. The van der Waals surface area contributed by atoms with Crippen molar-refractivity contribution >= 4 is 0 Å². The Morgan fingerprint density at radius 2 is 2.22 bits per heavy atom. The molecule has 2 rings (SSSR count). The number of nitriles is 1. The van der Waals surface area contributed by atoms with Gasteiger partial charge in [0.1, 0.15) is 11.9 Å². The van der Waals surface area contributed by atoms with E-state index in [2.05, 4.69) is 18.7 Å². The number of hydrogen-bond donors (Lipinski definition) is 0. The van der Waals surface area contributed by atoms with Crippen molar-refractivity contribution in [1.82, 2.24) is 4.90 Å². The van der Waals surface area contributed by atoms with Crippen LogP contribution in [0.3, 0.4) is 0 Å². The van der Waals surface area contributed by atoms with Crippen molar-refractivity contribution in [3.63, 3.8) is 0 Å². The molecule has 1 aromatic carbocycles. The lowest BCUT2D eigenvalue weighted by Gasteiger charge is -2.38. The van der Waals surface area contributed by atoms with Crippen LogP contribution in [0, 0.1) is 23.1 Å². The third-order valence-electron chi connectivity index (χ3n) is 4.04. The number of benzene rings is 1. The van der Waals surface area contributed by atoms with Gasteiger partial charge in [-0.25, -0.2) is 4.39 Å². The van der Waals surface area contributed by atoms with Crippen LogP contribution in [0.1, 0.15) is 37.8 Å². The minimum Gasteiger partial charge on any atom is -0.296 e. The van der Waals surface area contributed by atoms with Crippen molar-refractivity contribution in [1.29, 1.82) is 5.26 Å². The molecule has 1 heterocycles. The van der Waals surface area contributed by atoms with Crippen molar-refractivity contribution in [2.24, 2.45) is 5.92 Å². The first-order chi connectivity index (χ1) is 8.61. The predicted molar refractivity (Wildman–Crippen MR) is 69.4 cm³/mol. The van der Waals surface area contributed by atoms with Crippen LogP contribution in [-0.2, 0) is 6.54 Å². The molecule has 0 radical (unpaired) electrons. The average molecular weight is 246 g/mol. The summed E-state index contributed by atoms with van der Waals surface area (Å²) in [7, 11) is 0. The molecule has 0 aromatic heterocycles. The van der Waals surface area contributed by atoms with Crippen LogP contribution in [0.4, 0.5) is 4.39 Å². The molecule has 0 saturated carbocycles. The number of nitrogens with zero attached hydrogens (tertiary/aromatic N) is 2. The molecule has 1 fully saturated rings. The molecule has 1 aliphatic rings. The maximum atomic E-state index is 13.3. The van der Waals surface area contributed by atoms with Gasteiger partial charge in [-0.05, 0) is 49.9 Å². The molecule has 18 heavy (non-hydrogen) atoms. The van der Waals surface area contributed by atoms with Crippen LogP contribution in [-0.4, -0.2) is 17.5 Å². The van der Waals surface area contributed by atoms with Crippen molar-refractivity contribution in [2.45, 2.75) is 39.3 Å². The topological polar surface area (TPSA) is 27.0 Å². The first-order valence-electron chi connectivity index (χ1n) is 6.54. The van der Waals surface area contributed by atoms with Gasteiger partial charge in [0.25, 0.3) is 0 Å². The standard InChI is InChI=1S/C15H19FN2/c1-11-4-3-7-18(12(11)2)10-13-5-6-15(16)14(8-13)9-17/h5-6,8,11-12H,3-4,7,10H2,1-2H3. The quantitative estimate of drug-likeness (QED) is 0.800. The Morgan fingerprint density at radius 3 is 2.94 bits per heavy atom. The second kappa shape index (κ2) is 5.49. The summed E-state index contributed by atoms with van der Waals surface area (Å²) in [6, 6.07) is 7.29. The predicted octanol–water partition coefficient (Wildman–Crippen LogP) is 3.32. The normalized spacial score (nSPS) is 24.8. The zero-order valence-corrected chi connectivity index (χ0v) is 11.0. The zero-order chi connectivity index (χ0) is 13.1. The van der Waals surface area contributed by atoms with Crippen LogP contribution >= 0.6 is 0 Å². The number of likely N-dealkylation sites (tertiary alicyclic amines) is 1. The van der Waals surface area contributed by atoms with E-state index in [1.54, 1.807) is 12.1 Å². The monoisotopic (exact) mass is 246 g/mol. The van der Waals surface area contributed by atoms with Gasteiger partial charge in [0, 0.05) is 12.6 Å². The molecule has 1 aliphatic heterocycles. The maximum absolute atomic E-state index is 13.3. The molecule has 0 bridgehead atoms. The Bertz CT molecular complexity index is 464. The van der Waals surface area contributed by atoms with Gasteiger partial charge in [-0.2, -0.15) is 5.26 Å². The molecule has 0 amide bonds. The Labute approximate surface area is 108 Å². The van der Waals surface area contributed by atoms with Crippen molar-refractivity contribution in [3.8, 4) is 6.07 Å². The van der Waals surface area contributed by atoms with Crippen molar-refractivity contribution in [2.75, 3.05) is 6.54 Å². The lowest BCUT2D eigenvalue weighted by molar-refractivity contribution is 0.106. The largest absolute Gasteiger partial charge is 0.296 e. The van der Waals surface area contributed by atoms with Gasteiger partial charge in [0.15, 0.2) is 0 Å². The first-order valence-corrected chi connectivity index (χ1v) is 6.54. The lowest BCUT2D eigenvalue weighted by atomic mass is 9.91. The summed E-state index contributed by atoms with van der Waals surface area (Å²) in [6.07, 6.45) is 2.50. The highest BCUT2D eigenvalue weighted by atomic mass is 19.1. The SMILES string of the molecule is CC1CCCN(Cc2ccc(F)c(C#N)c2)C1C. The third-order valence-corrected chi connectivity index (χ3v) is 4.04. The third kappa shape index (κ3) is 2.70. The van der Waals surface area contributed by atoms with E-state index in [9.17, 15) is 4.39 Å². The van der Waals surface area contributed by atoms with E-state index in [0.717, 1.165) is 18.7 Å². The molecular weight excluding hydrogens is 227 g/mol. The molecule has 0 N–H and O–H groups in total. The number of rotatable bonds is 2. The summed E-state index contributed by atoms with van der Waals surface area (Å²) < 4.78 is 13.3. The summed E-state index contributed by atoms with van der Waals surface area (Å²) in [5, 5.41) is 8.84. The Hall–Kier alpha value is -1.40. The minimum absolute atomic E-state index is 0.144. The second-order valence-electron chi connectivity index (χ2n) is 5.26. The number of piperidine rings is 1. The Morgan fingerprint density at radius 1 is 1.44 bits per heavy atom. The fraction of sp³-hybridized carbons (Fsp3) is 0.533. The summed E-state index contributed by atoms with van der Waals surface area (Å²) in [5.41, 5.74) is 1.17. The van der Waals surface area contributed by atoms with Gasteiger partial charge in [-0.1, -0.05) is 13.0 Å². The van der Waals surface area contributed by atoms with E-state index >= 15 is 0 Å². The summed E-state index contributed by atoms with van der Waals surface area (Å²) >= 11 is 0. The average Bonchev–Trinajstić information content (AvgIpc) is 2.37. The molecule has 2 unspecified atom stereocenters. The molecule has 96 valence electrons. The highest BCUT2D eigenvalue weighted by Gasteiger charge is 2.24. The van der Waals surface area contributed by atoms with E-state index in [1.165, 1.54) is 18.9 Å². The molecule has 0 aliphatic carbocycles. The number of halogens is 1. The van der Waals surface area contributed by atoms with Crippen LogP contribution < -0.4 is 0 Å². The molecule has 0 spiro atoms. The van der Waals surface area contributed by atoms with Crippen LogP contribution in [0.25, 0.3) is 0 Å². The maximum Gasteiger partial charge on any atom is 0.140 e. The van der Waals surface area contributed by atoms with E-state index in [-0.39, 0.29) is 5.56 Å². The minimum atomic E-state index is -0.429. The fourth-order valence-corrected chi connectivity index (χ4v) is 2.64. The molecule has 2 nitrogen and oxygen atoms in total. The van der Waals surface area contributed by atoms with Crippen molar-refractivity contribution in [3.05, 3.63) is 35.1 Å². The van der Waals surface area contributed by atoms with Gasteiger partial charge in [-0.15, -0.1) is 0 Å². The molecule has 1 saturated heterocycles.